The molecule has 4 nitrogen and oxygen atoms in total. The quantitative estimate of drug-likeness (QED) is 0.212. The number of unbranched alkanes of at least 4 members (excludes halogenated alkanes) is 7. The molecule has 1 heterocycles. The zero-order valence-corrected chi connectivity index (χ0v) is 20.6. The van der Waals surface area contributed by atoms with Crippen molar-refractivity contribution in [1.82, 2.24) is 9.97 Å². The van der Waals surface area contributed by atoms with Crippen LogP contribution in [0.15, 0.2) is 36.7 Å². The van der Waals surface area contributed by atoms with E-state index in [9.17, 15) is 4.79 Å². The lowest BCUT2D eigenvalue weighted by Gasteiger charge is -2.14. The molecule has 170 valence electrons. The third kappa shape index (κ3) is 9.51. The number of hydrogen-bond donors (Lipinski definition) is 1. The lowest BCUT2D eigenvalue weighted by atomic mass is 9.97. The van der Waals surface area contributed by atoms with Crippen molar-refractivity contribution >= 4 is 21.9 Å². The highest BCUT2D eigenvalue weighted by atomic mass is 79.9. The van der Waals surface area contributed by atoms with E-state index >= 15 is 0 Å². The van der Waals surface area contributed by atoms with Gasteiger partial charge in [0.25, 0.3) is 0 Å². The van der Waals surface area contributed by atoms with Gasteiger partial charge >= 0.3 is 5.97 Å². The van der Waals surface area contributed by atoms with Gasteiger partial charge in [-0.25, -0.2) is 9.97 Å². The fourth-order valence-electron chi connectivity index (χ4n) is 3.70. The zero-order valence-electron chi connectivity index (χ0n) is 19.0. The number of carboxylic acids is 1. The highest BCUT2D eigenvalue weighted by molar-refractivity contribution is 9.10. The fourth-order valence-corrected chi connectivity index (χ4v) is 3.96. The Morgan fingerprint density at radius 3 is 2.06 bits per heavy atom. The summed E-state index contributed by atoms with van der Waals surface area (Å²) < 4.78 is 0. The first-order valence-corrected chi connectivity index (χ1v) is 12.7. The van der Waals surface area contributed by atoms with Gasteiger partial charge in [-0.3, -0.25) is 4.79 Å². The first-order valence-electron chi connectivity index (χ1n) is 11.8. The van der Waals surface area contributed by atoms with Crippen LogP contribution in [-0.2, 0) is 17.6 Å². The number of carboxylic acid groups (broad SMARTS) is 1. The molecule has 1 aromatic heterocycles. The molecule has 0 aliphatic rings. The number of benzene rings is 1. The Balaban J connectivity index is 1.74. The minimum Gasteiger partial charge on any atom is -0.480 e. The van der Waals surface area contributed by atoms with Crippen LogP contribution in [0, 0.1) is 5.92 Å². The second-order valence-corrected chi connectivity index (χ2v) is 9.58. The molecule has 1 aromatic carbocycles. The average molecular weight is 489 g/mol. The maximum Gasteiger partial charge on any atom is 0.317 e. The summed E-state index contributed by atoms with van der Waals surface area (Å²) in [6.07, 6.45) is 17.3. The van der Waals surface area contributed by atoms with Gasteiger partial charge in [0, 0.05) is 18.0 Å². The zero-order chi connectivity index (χ0) is 22.5. The maximum absolute atomic E-state index is 11.0. The molecule has 1 N–H and O–H groups in total. The van der Waals surface area contributed by atoms with Crippen LogP contribution in [0.4, 0.5) is 0 Å². The topological polar surface area (TPSA) is 63.1 Å². The third-order valence-corrected chi connectivity index (χ3v) is 7.15. The Morgan fingerprint density at radius 2 is 1.48 bits per heavy atom. The number of aliphatic carboxylic acids is 1. The number of halogens is 1. The van der Waals surface area contributed by atoms with Gasteiger partial charge < -0.3 is 5.11 Å². The molecule has 0 aliphatic heterocycles. The Kier molecular flexibility index (Phi) is 11.8. The Bertz CT molecular complexity index is 762. The standard InChI is InChI=1S/C26H37BrN2O2/c1-3-4-5-6-7-8-9-10-11-22-18-28-25(29-19-22)23-16-14-21(15-17-23)13-12-20(2)24(27)26(30)31/h14-20,24H,3-13H2,1-2H3,(H,30,31). The molecule has 0 spiro atoms. The number of aromatic nitrogens is 2. The van der Waals surface area contributed by atoms with Gasteiger partial charge in [-0.1, -0.05) is 99.0 Å². The van der Waals surface area contributed by atoms with Crippen molar-refractivity contribution < 1.29 is 9.90 Å². The normalized spacial score (nSPS) is 13.1. The number of aryl methyl sites for hydroxylation is 2. The van der Waals surface area contributed by atoms with Crippen molar-refractivity contribution in [3.63, 3.8) is 0 Å². The molecule has 0 radical (unpaired) electrons. The van der Waals surface area contributed by atoms with Gasteiger partial charge in [-0.05, 0) is 42.7 Å². The molecule has 2 unspecified atom stereocenters. The Labute approximate surface area is 196 Å². The van der Waals surface area contributed by atoms with E-state index in [1.807, 2.05) is 19.3 Å². The highest BCUT2D eigenvalue weighted by Gasteiger charge is 2.20. The number of rotatable bonds is 15. The molecule has 0 amide bonds. The van der Waals surface area contributed by atoms with Crippen LogP contribution in [0.1, 0.15) is 82.8 Å². The molecule has 2 aromatic rings. The predicted molar refractivity (Wildman–Crippen MR) is 132 cm³/mol. The smallest absolute Gasteiger partial charge is 0.317 e. The summed E-state index contributed by atoms with van der Waals surface area (Å²) in [6.45, 7) is 4.22. The van der Waals surface area contributed by atoms with Crippen LogP contribution in [-0.4, -0.2) is 25.9 Å². The van der Waals surface area contributed by atoms with Crippen LogP contribution >= 0.6 is 15.9 Å². The van der Waals surface area contributed by atoms with Crippen molar-refractivity contribution in [3.05, 3.63) is 47.8 Å². The monoisotopic (exact) mass is 488 g/mol. The first-order chi connectivity index (χ1) is 15.0. The Morgan fingerprint density at radius 1 is 0.903 bits per heavy atom. The predicted octanol–water partition coefficient (Wildman–Crippen LogP) is 7.24. The van der Waals surface area contributed by atoms with E-state index in [2.05, 4.69) is 57.1 Å². The van der Waals surface area contributed by atoms with Crippen molar-refractivity contribution in [2.24, 2.45) is 5.92 Å². The van der Waals surface area contributed by atoms with Crippen molar-refractivity contribution in [1.29, 1.82) is 0 Å². The van der Waals surface area contributed by atoms with E-state index < -0.39 is 10.8 Å². The second-order valence-electron chi connectivity index (χ2n) is 8.59. The van der Waals surface area contributed by atoms with Gasteiger partial charge in [0.05, 0.1) is 0 Å². The Hall–Kier alpha value is -1.75. The van der Waals surface area contributed by atoms with E-state index in [1.165, 1.54) is 62.5 Å². The number of alkyl halides is 1. The van der Waals surface area contributed by atoms with Gasteiger partial charge in [0.2, 0.25) is 0 Å². The molecule has 0 fully saturated rings. The number of carbonyl (C=O) groups is 1. The lowest BCUT2D eigenvalue weighted by molar-refractivity contribution is -0.137. The molecule has 0 aliphatic carbocycles. The van der Waals surface area contributed by atoms with E-state index in [1.54, 1.807) is 0 Å². The SMILES string of the molecule is CCCCCCCCCCc1cnc(-c2ccc(CCC(C)C(Br)C(=O)O)cc2)nc1. The average Bonchev–Trinajstić information content (AvgIpc) is 2.79. The van der Waals surface area contributed by atoms with Gasteiger partial charge in [-0.2, -0.15) is 0 Å². The van der Waals surface area contributed by atoms with E-state index in [4.69, 9.17) is 5.11 Å². The summed E-state index contributed by atoms with van der Waals surface area (Å²) >= 11 is 3.25. The molecule has 2 rings (SSSR count). The minimum absolute atomic E-state index is 0.0779. The molecular formula is C26H37BrN2O2. The molecule has 0 bridgehead atoms. The summed E-state index contributed by atoms with van der Waals surface area (Å²) in [7, 11) is 0. The maximum atomic E-state index is 11.0. The van der Waals surface area contributed by atoms with Crippen molar-refractivity contribution in [2.75, 3.05) is 0 Å². The van der Waals surface area contributed by atoms with Crippen molar-refractivity contribution in [2.45, 2.75) is 89.3 Å². The summed E-state index contributed by atoms with van der Waals surface area (Å²) in [5, 5.41) is 9.08. The van der Waals surface area contributed by atoms with Crippen LogP contribution in [0.5, 0.6) is 0 Å². The summed E-state index contributed by atoms with van der Waals surface area (Å²) in [5.41, 5.74) is 3.43. The molecule has 31 heavy (non-hydrogen) atoms. The van der Waals surface area contributed by atoms with Crippen LogP contribution < -0.4 is 0 Å². The van der Waals surface area contributed by atoms with E-state index in [0.717, 1.165) is 30.7 Å². The molecule has 0 saturated carbocycles. The molecular weight excluding hydrogens is 452 g/mol. The summed E-state index contributed by atoms with van der Waals surface area (Å²) in [6, 6.07) is 8.28. The van der Waals surface area contributed by atoms with Crippen molar-refractivity contribution in [3.8, 4) is 11.4 Å². The van der Waals surface area contributed by atoms with Gasteiger partial charge in [-0.15, -0.1) is 0 Å². The van der Waals surface area contributed by atoms with E-state index in [-0.39, 0.29) is 5.92 Å². The summed E-state index contributed by atoms with van der Waals surface area (Å²) in [5.74, 6) is 0.0333. The molecule has 0 saturated heterocycles. The minimum atomic E-state index is -0.800. The second kappa shape index (κ2) is 14.3. The number of nitrogens with zero attached hydrogens (tertiary/aromatic N) is 2. The van der Waals surface area contributed by atoms with Gasteiger partial charge in [0.1, 0.15) is 4.83 Å². The van der Waals surface area contributed by atoms with Gasteiger partial charge in [0.15, 0.2) is 5.82 Å². The largest absolute Gasteiger partial charge is 0.480 e. The highest BCUT2D eigenvalue weighted by Crippen LogP contribution is 2.21. The summed E-state index contributed by atoms with van der Waals surface area (Å²) in [4.78, 5) is 19.7. The van der Waals surface area contributed by atoms with E-state index in [0.29, 0.717) is 0 Å². The van der Waals surface area contributed by atoms with Crippen LogP contribution in [0.2, 0.25) is 0 Å². The van der Waals surface area contributed by atoms with Crippen LogP contribution in [0.25, 0.3) is 11.4 Å². The molecule has 5 heteroatoms. The molecule has 2 atom stereocenters. The lowest BCUT2D eigenvalue weighted by Crippen LogP contribution is -2.21. The third-order valence-electron chi connectivity index (χ3n) is 5.86. The van der Waals surface area contributed by atoms with Crippen LogP contribution in [0.3, 0.4) is 0 Å². The number of hydrogen-bond acceptors (Lipinski definition) is 3. The fraction of sp³-hybridized carbons (Fsp3) is 0.577. The first kappa shape index (κ1) is 25.5.